The molecule has 0 aromatic rings. The summed E-state index contributed by atoms with van der Waals surface area (Å²) in [4.78, 5) is 72.9. The Balaban J connectivity index is 5.27. The van der Waals surface area contributed by atoms with Crippen molar-refractivity contribution in [2.45, 2.75) is 412 Å². The Labute approximate surface area is 599 Å². The lowest BCUT2D eigenvalue weighted by Gasteiger charge is -2.21. The molecule has 0 aliphatic carbocycles. The molecule has 0 rings (SSSR count). The minimum atomic E-state index is -4.97. The average Bonchev–Trinajstić information content (AvgIpc) is 1.14. The number of hydrogen-bond acceptors (Lipinski definition) is 15. The summed E-state index contributed by atoms with van der Waals surface area (Å²) in [6.07, 6.45) is 64.5. The van der Waals surface area contributed by atoms with Crippen LogP contribution < -0.4 is 0 Å². The molecule has 0 bridgehead atoms. The van der Waals surface area contributed by atoms with Crippen molar-refractivity contribution >= 4 is 39.5 Å². The fraction of sp³-hybridized carbons (Fsp3) is 0.899. The van der Waals surface area contributed by atoms with Crippen molar-refractivity contribution in [2.75, 3.05) is 39.6 Å². The SMILES string of the molecule is CCCCCC/C=C\C=C/CCCCCCCC(=O)OC[C@H](COP(=O)(O)OC[C@@H](O)COP(=O)(O)OC[C@@H](COC(=O)CCCCCCCCCCCC)OC(=O)CCCCCCCCCCCCCCC(C)C)OC(=O)CCCCCCCCCCCCCCCCCCCC. The molecule has 0 spiro atoms. The van der Waals surface area contributed by atoms with Gasteiger partial charge < -0.3 is 33.8 Å². The van der Waals surface area contributed by atoms with Gasteiger partial charge in [-0.3, -0.25) is 37.3 Å². The zero-order valence-electron chi connectivity index (χ0n) is 63.4. The molecule has 0 aliphatic rings. The smallest absolute Gasteiger partial charge is 0.462 e. The van der Waals surface area contributed by atoms with Crippen LogP contribution in [0.2, 0.25) is 0 Å². The van der Waals surface area contributed by atoms with E-state index in [2.05, 4.69) is 58.9 Å². The largest absolute Gasteiger partial charge is 0.472 e. The van der Waals surface area contributed by atoms with Crippen LogP contribution in [0.1, 0.15) is 394 Å². The van der Waals surface area contributed by atoms with Crippen LogP contribution in [0.3, 0.4) is 0 Å². The first-order valence-corrected chi connectivity index (χ1v) is 43.4. The third-order valence-electron chi connectivity index (χ3n) is 17.9. The van der Waals surface area contributed by atoms with Gasteiger partial charge in [0.2, 0.25) is 0 Å². The molecule has 0 aromatic heterocycles. The van der Waals surface area contributed by atoms with Gasteiger partial charge in [0.15, 0.2) is 12.2 Å². The Morgan fingerprint density at radius 3 is 0.837 bits per heavy atom. The molecule has 0 fully saturated rings. The number of ether oxygens (including phenoxy) is 4. The average molecular weight is 1430 g/mol. The Morgan fingerprint density at radius 2 is 0.551 bits per heavy atom. The summed E-state index contributed by atoms with van der Waals surface area (Å²) in [5.74, 6) is -1.36. The second-order valence-electron chi connectivity index (χ2n) is 28.2. The zero-order chi connectivity index (χ0) is 71.9. The summed E-state index contributed by atoms with van der Waals surface area (Å²) in [5.41, 5.74) is 0. The minimum Gasteiger partial charge on any atom is -0.462 e. The molecule has 0 radical (unpaired) electrons. The Hall–Kier alpha value is -2.46. The van der Waals surface area contributed by atoms with Gasteiger partial charge in [0, 0.05) is 25.7 Å². The molecule has 17 nitrogen and oxygen atoms in total. The number of rotatable bonds is 77. The summed E-state index contributed by atoms with van der Waals surface area (Å²) >= 11 is 0. The first-order valence-electron chi connectivity index (χ1n) is 40.5. The summed E-state index contributed by atoms with van der Waals surface area (Å²) in [7, 11) is -9.93. The molecule has 0 saturated carbocycles. The van der Waals surface area contributed by atoms with Gasteiger partial charge in [0.05, 0.1) is 26.4 Å². The predicted molar refractivity (Wildman–Crippen MR) is 400 cm³/mol. The number of hydrogen-bond donors (Lipinski definition) is 3. The number of carbonyl (C=O) groups excluding carboxylic acids is 4. The van der Waals surface area contributed by atoms with E-state index in [-0.39, 0.29) is 25.7 Å². The molecule has 3 N–H and O–H groups in total. The maximum absolute atomic E-state index is 13.1. The molecule has 98 heavy (non-hydrogen) atoms. The highest BCUT2D eigenvalue weighted by atomic mass is 31.2. The van der Waals surface area contributed by atoms with E-state index in [0.717, 1.165) is 115 Å². The molecular weight excluding hydrogens is 1280 g/mol. The number of unbranched alkanes of at least 4 members (excludes halogenated alkanes) is 46. The lowest BCUT2D eigenvalue weighted by Crippen LogP contribution is -2.30. The van der Waals surface area contributed by atoms with Crippen LogP contribution in [0.15, 0.2) is 24.3 Å². The number of allylic oxidation sites excluding steroid dienone is 4. The van der Waals surface area contributed by atoms with Crippen LogP contribution in [-0.4, -0.2) is 96.7 Å². The number of phosphoric ester groups is 2. The van der Waals surface area contributed by atoms with Crippen LogP contribution in [0.4, 0.5) is 0 Å². The van der Waals surface area contributed by atoms with Crippen molar-refractivity contribution in [1.82, 2.24) is 0 Å². The van der Waals surface area contributed by atoms with Crippen LogP contribution in [0.5, 0.6) is 0 Å². The first kappa shape index (κ1) is 95.5. The molecule has 578 valence electrons. The fourth-order valence-corrected chi connectivity index (χ4v) is 13.3. The van der Waals surface area contributed by atoms with E-state index in [1.165, 1.54) is 199 Å². The molecule has 0 amide bonds. The van der Waals surface area contributed by atoms with E-state index in [1.54, 1.807) is 0 Å². The summed E-state index contributed by atoms with van der Waals surface area (Å²) in [5, 5.41) is 10.6. The Bertz CT molecular complexity index is 1970. The van der Waals surface area contributed by atoms with Gasteiger partial charge in [-0.15, -0.1) is 0 Å². The molecule has 19 heteroatoms. The highest BCUT2D eigenvalue weighted by molar-refractivity contribution is 7.47. The van der Waals surface area contributed by atoms with Crippen molar-refractivity contribution in [3.05, 3.63) is 24.3 Å². The van der Waals surface area contributed by atoms with Gasteiger partial charge in [-0.25, -0.2) is 9.13 Å². The highest BCUT2D eigenvalue weighted by Gasteiger charge is 2.30. The lowest BCUT2D eigenvalue weighted by atomic mass is 10.0. The molecule has 0 saturated heterocycles. The van der Waals surface area contributed by atoms with E-state index in [9.17, 15) is 43.2 Å². The molecular formula is C79H150O17P2. The number of phosphoric acid groups is 2. The Morgan fingerprint density at radius 1 is 0.316 bits per heavy atom. The van der Waals surface area contributed by atoms with E-state index >= 15 is 0 Å². The number of aliphatic hydroxyl groups excluding tert-OH is 1. The summed E-state index contributed by atoms with van der Waals surface area (Å²) < 4.78 is 68.6. The van der Waals surface area contributed by atoms with Crippen molar-refractivity contribution in [2.24, 2.45) is 5.92 Å². The molecule has 2 unspecified atom stereocenters. The van der Waals surface area contributed by atoms with Gasteiger partial charge >= 0.3 is 39.5 Å². The van der Waals surface area contributed by atoms with E-state index in [1.807, 2.05) is 0 Å². The molecule has 0 aromatic carbocycles. The van der Waals surface area contributed by atoms with Crippen molar-refractivity contribution in [3.8, 4) is 0 Å². The first-order chi connectivity index (χ1) is 47.5. The quantitative estimate of drug-likeness (QED) is 0.0169. The van der Waals surface area contributed by atoms with Crippen LogP contribution >= 0.6 is 15.6 Å². The van der Waals surface area contributed by atoms with Gasteiger partial charge in [-0.1, -0.05) is 341 Å². The maximum atomic E-state index is 13.1. The van der Waals surface area contributed by atoms with Gasteiger partial charge in [0.25, 0.3) is 0 Å². The second-order valence-corrected chi connectivity index (χ2v) is 31.2. The highest BCUT2D eigenvalue weighted by Crippen LogP contribution is 2.45. The standard InChI is InChI=1S/C79H150O17P2/c1-6-9-12-15-18-21-24-26-28-29-30-32-34-39-44-49-54-59-64-78(83)96-75(69-90-77(82)63-58-53-48-43-38-33-31-27-25-22-19-16-13-10-7-2)71-94-98(87,88)92-67-73(80)66-91-97(85,86)93-70-74(68-89-76(81)62-57-52-47-42-23-20-17-14-11-8-3)95-79(84)65-60-55-50-45-40-36-35-37-41-46-51-56-61-72(4)5/h22,25,27,31,72-75,80H,6-21,23-24,26,28-30,32-71H2,1-5H3,(H,85,86)(H,87,88)/b25-22-,31-27-/t73-,74+,75+/m0/s1. The monoisotopic (exact) mass is 1430 g/mol. The number of esters is 4. The third-order valence-corrected chi connectivity index (χ3v) is 19.8. The molecule has 0 heterocycles. The number of aliphatic hydroxyl groups is 1. The van der Waals surface area contributed by atoms with Gasteiger partial charge in [0.1, 0.15) is 19.3 Å². The van der Waals surface area contributed by atoms with E-state index < -0.39 is 97.5 Å². The molecule has 5 atom stereocenters. The van der Waals surface area contributed by atoms with E-state index in [4.69, 9.17) is 37.0 Å². The van der Waals surface area contributed by atoms with E-state index in [0.29, 0.717) is 25.7 Å². The van der Waals surface area contributed by atoms with Crippen LogP contribution in [0.25, 0.3) is 0 Å². The summed E-state index contributed by atoms with van der Waals surface area (Å²) in [6, 6.07) is 0. The van der Waals surface area contributed by atoms with Crippen LogP contribution in [0, 0.1) is 5.92 Å². The van der Waals surface area contributed by atoms with Crippen molar-refractivity contribution in [3.63, 3.8) is 0 Å². The minimum absolute atomic E-state index is 0.102. The zero-order valence-corrected chi connectivity index (χ0v) is 65.2. The Kier molecular flexibility index (Phi) is 69.7. The predicted octanol–water partition coefficient (Wildman–Crippen LogP) is 23.2. The normalized spacial score (nSPS) is 14.1. The maximum Gasteiger partial charge on any atom is 0.472 e. The topological polar surface area (TPSA) is 237 Å². The second kappa shape index (κ2) is 71.5. The van der Waals surface area contributed by atoms with Crippen molar-refractivity contribution in [1.29, 1.82) is 0 Å². The fourth-order valence-electron chi connectivity index (χ4n) is 11.7. The lowest BCUT2D eigenvalue weighted by molar-refractivity contribution is -0.161. The van der Waals surface area contributed by atoms with Gasteiger partial charge in [-0.2, -0.15) is 0 Å². The van der Waals surface area contributed by atoms with Gasteiger partial charge in [-0.05, 0) is 57.3 Å². The summed E-state index contributed by atoms with van der Waals surface area (Å²) in [6.45, 7) is 7.25. The number of carbonyl (C=O) groups is 4. The third kappa shape index (κ3) is 71.9. The van der Waals surface area contributed by atoms with Crippen LogP contribution in [-0.2, 0) is 65.4 Å². The van der Waals surface area contributed by atoms with Crippen molar-refractivity contribution < 1.29 is 80.2 Å². The molecule has 0 aliphatic heterocycles.